The van der Waals surface area contributed by atoms with E-state index in [0.717, 1.165) is 35.2 Å². The third-order valence-corrected chi connectivity index (χ3v) is 4.37. The van der Waals surface area contributed by atoms with Crippen LogP contribution in [-0.2, 0) is 4.79 Å². The number of hydrogen-bond acceptors (Lipinski definition) is 3. The van der Waals surface area contributed by atoms with Gasteiger partial charge in [-0.05, 0) is 45.9 Å². The molecule has 0 heterocycles. The van der Waals surface area contributed by atoms with E-state index in [9.17, 15) is 4.79 Å². The molecule has 0 spiro atoms. The molecule has 0 aromatic heterocycles. The van der Waals surface area contributed by atoms with Crippen LogP contribution in [0.1, 0.15) is 38.3 Å². The first-order valence-corrected chi connectivity index (χ1v) is 8.25. The summed E-state index contributed by atoms with van der Waals surface area (Å²) in [6.45, 7) is 4.94. The van der Waals surface area contributed by atoms with Gasteiger partial charge in [0.1, 0.15) is 5.75 Å². The minimum absolute atomic E-state index is 0.0723. The number of nitrogens with one attached hydrogen (secondary N) is 1. The van der Waals surface area contributed by atoms with Crippen LogP contribution < -0.4 is 10.1 Å². The molecule has 0 bridgehead atoms. The number of amides is 1. The summed E-state index contributed by atoms with van der Waals surface area (Å²) in [5, 5.41) is 3.20. The number of ether oxygens (including phenoxy) is 1. The molecular weight excluding hydrogens is 332 g/mol. The molecule has 116 valence electrons. The molecule has 21 heavy (non-hydrogen) atoms. The predicted octanol–water partition coefficient (Wildman–Crippen LogP) is 3.12. The summed E-state index contributed by atoms with van der Waals surface area (Å²) in [6.07, 6.45) is 2.25. The van der Waals surface area contributed by atoms with Crippen LogP contribution in [0.2, 0.25) is 0 Å². The van der Waals surface area contributed by atoms with Crippen molar-refractivity contribution in [2.24, 2.45) is 0 Å². The quantitative estimate of drug-likeness (QED) is 0.817. The molecule has 1 aliphatic carbocycles. The first-order chi connectivity index (χ1) is 10.1. The van der Waals surface area contributed by atoms with Gasteiger partial charge in [0, 0.05) is 28.7 Å². The highest BCUT2D eigenvalue weighted by Gasteiger charge is 2.31. The van der Waals surface area contributed by atoms with E-state index in [-0.39, 0.29) is 18.6 Å². The number of carbonyl (C=O) groups excluding carboxylic acids is 1. The van der Waals surface area contributed by atoms with Gasteiger partial charge in [-0.15, -0.1) is 0 Å². The molecule has 1 saturated carbocycles. The number of hydrogen-bond donors (Lipinski definition) is 1. The Labute approximate surface area is 135 Å². The number of halogens is 1. The summed E-state index contributed by atoms with van der Waals surface area (Å²) in [5.41, 5.74) is 1.06. The summed E-state index contributed by atoms with van der Waals surface area (Å²) >= 11 is 3.45. The van der Waals surface area contributed by atoms with E-state index in [4.69, 9.17) is 4.74 Å². The van der Waals surface area contributed by atoms with Crippen molar-refractivity contribution >= 4 is 21.8 Å². The van der Waals surface area contributed by atoms with Crippen LogP contribution in [0.4, 0.5) is 0 Å². The van der Waals surface area contributed by atoms with Gasteiger partial charge in [0.2, 0.25) is 0 Å². The van der Waals surface area contributed by atoms with Crippen molar-refractivity contribution < 1.29 is 9.53 Å². The van der Waals surface area contributed by atoms with Crippen molar-refractivity contribution in [1.82, 2.24) is 10.2 Å². The number of benzene rings is 1. The molecule has 5 heteroatoms. The third kappa shape index (κ3) is 4.20. The number of carbonyl (C=O) groups is 1. The topological polar surface area (TPSA) is 41.6 Å². The van der Waals surface area contributed by atoms with E-state index in [1.165, 1.54) is 0 Å². The molecule has 0 saturated heterocycles. The first-order valence-electron chi connectivity index (χ1n) is 7.45. The fraction of sp³-hybridized carbons (Fsp3) is 0.562. The second kappa shape index (κ2) is 7.27. The molecule has 1 atom stereocenters. The van der Waals surface area contributed by atoms with Crippen molar-refractivity contribution in [3.05, 3.63) is 28.2 Å². The van der Waals surface area contributed by atoms with Crippen molar-refractivity contribution in [3.8, 4) is 5.75 Å². The zero-order valence-corrected chi connectivity index (χ0v) is 14.4. The first kappa shape index (κ1) is 16.3. The predicted molar refractivity (Wildman–Crippen MR) is 87.5 cm³/mol. The van der Waals surface area contributed by atoms with Crippen molar-refractivity contribution in [1.29, 1.82) is 0 Å². The summed E-state index contributed by atoms with van der Waals surface area (Å²) < 4.78 is 6.75. The van der Waals surface area contributed by atoms with Gasteiger partial charge < -0.3 is 15.0 Å². The molecule has 1 aliphatic rings. The maximum Gasteiger partial charge on any atom is 0.260 e. The standard InChI is InChI=1S/C16H23BrN2O2/c1-4-19(13-6-7-13)16(20)10-21-15-9-12(17)5-8-14(15)11(2)18-3/h5,8-9,11,13,18H,4,6-7,10H2,1-3H3. The summed E-state index contributed by atoms with van der Waals surface area (Å²) in [5.74, 6) is 0.828. The summed E-state index contributed by atoms with van der Waals surface area (Å²) in [6, 6.07) is 6.53. The van der Waals surface area contributed by atoms with Gasteiger partial charge in [-0.1, -0.05) is 22.0 Å². The maximum absolute atomic E-state index is 12.2. The van der Waals surface area contributed by atoms with Gasteiger partial charge >= 0.3 is 0 Å². The van der Waals surface area contributed by atoms with Gasteiger partial charge in [-0.3, -0.25) is 4.79 Å². The molecule has 1 amide bonds. The van der Waals surface area contributed by atoms with Crippen LogP contribution in [0.25, 0.3) is 0 Å². The monoisotopic (exact) mass is 354 g/mol. The Morgan fingerprint density at radius 1 is 1.52 bits per heavy atom. The van der Waals surface area contributed by atoms with Crippen LogP contribution >= 0.6 is 15.9 Å². The summed E-state index contributed by atoms with van der Waals surface area (Å²) in [7, 11) is 1.91. The van der Waals surface area contributed by atoms with Gasteiger partial charge in [-0.25, -0.2) is 0 Å². The smallest absolute Gasteiger partial charge is 0.260 e. The lowest BCUT2D eigenvalue weighted by Crippen LogP contribution is -2.36. The highest BCUT2D eigenvalue weighted by molar-refractivity contribution is 9.10. The van der Waals surface area contributed by atoms with Crippen molar-refractivity contribution in [2.75, 3.05) is 20.2 Å². The van der Waals surface area contributed by atoms with E-state index in [1.807, 2.05) is 37.1 Å². The molecule has 1 fully saturated rings. The van der Waals surface area contributed by atoms with Gasteiger partial charge in [0.25, 0.3) is 5.91 Å². The Morgan fingerprint density at radius 2 is 2.24 bits per heavy atom. The molecule has 1 unspecified atom stereocenters. The van der Waals surface area contributed by atoms with Crippen LogP contribution in [-0.4, -0.2) is 37.0 Å². The SMILES string of the molecule is CCN(C(=O)COc1cc(Br)ccc1C(C)NC)C1CC1. The number of rotatable bonds is 7. The maximum atomic E-state index is 12.2. The highest BCUT2D eigenvalue weighted by Crippen LogP contribution is 2.29. The van der Waals surface area contributed by atoms with Crippen LogP contribution in [0.5, 0.6) is 5.75 Å². The second-order valence-corrected chi connectivity index (χ2v) is 6.31. The Morgan fingerprint density at radius 3 is 2.81 bits per heavy atom. The lowest BCUT2D eigenvalue weighted by atomic mass is 10.1. The fourth-order valence-corrected chi connectivity index (χ4v) is 2.73. The number of nitrogens with zero attached hydrogens (tertiary/aromatic N) is 1. The largest absolute Gasteiger partial charge is 0.483 e. The molecule has 2 rings (SSSR count). The lowest BCUT2D eigenvalue weighted by molar-refractivity contribution is -0.133. The van der Waals surface area contributed by atoms with Gasteiger partial charge in [-0.2, -0.15) is 0 Å². The normalized spacial score (nSPS) is 15.6. The van der Waals surface area contributed by atoms with E-state index < -0.39 is 0 Å². The number of likely N-dealkylation sites (N-methyl/N-ethyl adjacent to an activating group) is 1. The van der Waals surface area contributed by atoms with E-state index in [0.29, 0.717) is 6.04 Å². The molecule has 0 aliphatic heterocycles. The zero-order valence-electron chi connectivity index (χ0n) is 12.9. The van der Waals surface area contributed by atoms with Crippen LogP contribution in [0.3, 0.4) is 0 Å². The molecular formula is C16H23BrN2O2. The molecule has 4 nitrogen and oxygen atoms in total. The molecule has 1 N–H and O–H groups in total. The lowest BCUT2D eigenvalue weighted by Gasteiger charge is -2.22. The minimum atomic E-state index is 0.0723. The van der Waals surface area contributed by atoms with E-state index >= 15 is 0 Å². The zero-order chi connectivity index (χ0) is 15.4. The fourth-order valence-electron chi connectivity index (χ4n) is 2.39. The second-order valence-electron chi connectivity index (χ2n) is 5.39. The Hall–Kier alpha value is -1.07. The van der Waals surface area contributed by atoms with Crippen LogP contribution in [0.15, 0.2) is 22.7 Å². The van der Waals surface area contributed by atoms with Crippen LogP contribution in [0, 0.1) is 0 Å². The van der Waals surface area contributed by atoms with Gasteiger partial charge in [0.15, 0.2) is 6.61 Å². The highest BCUT2D eigenvalue weighted by atomic mass is 79.9. The minimum Gasteiger partial charge on any atom is -0.483 e. The average molecular weight is 355 g/mol. The van der Waals surface area contributed by atoms with Gasteiger partial charge in [0.05, 0.1) is 0 Å². The average Bonchev–Trinajstić information content (AvgIpc) is 3.30. The van der Waals surface area contributed by atoms with Crippen molar-refractivity contribution in [2.45, 2.75) is 38.8 Å². The Kier molecular flexibility index (Phi) is 5.65. The van der Waals surface area contributed by atoms with E-state index in [1.54, 1.807) is 0 Å². The summed E-state index contributed by atoms with van der Waals surface area (Å²) in [4.78, 5) is 14.2. The third-order valence-electron chi connectivity index (χ3n) is 3.87. The van der Waals surface area contributed by atoms with Crippen molar-refractivity contribution in [3.63, 3.8) is 0 Å². The van der Waals surface area contributed by atoms with E-state index in [2.05, 4.69) is 28.2 Å². The Bertz CT molecular complexity index is 503. The Balaban J connectivity index is 2.04. The molecule has 1 aromatic carbocycles. The molecule has 1 aromatic rings. The molecule has 0 radical (unpaired) electrons.